The van der Waals surface area contributed by atoms with Gasteiger partial charge in [-0.1, -0.05) is 6.92 Å². The van der Waals surface area contributed by atoms with Gasteiger partial charge in [-0.05, 0) is 0 Å². The molecule has 0 saturated carbocycles. The third-order valence-corrected chi connectivity index (χ3v) is 4.76. The van der Waals surface area contributed by atoms with E-state index in [2.05, 4.69) is 4.99 Å². The predicted molar refractivity (Wildman–Crippen MR) is 80.9 cm³/mol. The van der Waals surface area contributed by atoms with Crippen molar-refractivity contribution in [3.8, 4) is 0 Å². The van der Waals surface area contributed by atoms with Crippen molar-refractivity contribution in [3.05, 3.63) is 0 Å². The summed E-state index contributed by atoms with van der Waals surface area (Å²) in [7, 11) is 0. The number of carbonyl (C=O) groups is 1. The van der Waals surface area contributed by atoms with Crippen LogP contribution in [0.1, 0.15) is 13.3 Å². The van der Waals surface area contributed by atoms with Gasteiger partial charge in [0.05, 0.1) is 12.6 Å². The van der Waals surface area contributed by atoms with Gasteiger partial charge in [0.25, 0.3) is 0 Å². The molecule has 2 saturated heterocycles. The molecule has 0 unspecified atom stereocenters. The molecule has 12 nitrogen and oxygen atoms in total. The SMILES string of the molecule is CCC1=N[C@@H]2[C@H](O1)O[C@H](CO)[C@H](O)[C@@H]2O[C@@H]1O[C@H](C(=O)[O-])[C@@H](O)[C@H](O)[C@H]1O.[Na+]. The Hall–Kier alpha value is -0.380. The summed E-state index contributed by atoms with van der Waals surface area (Å²) in [5.41, 5.74) is 0. The summed E-state index contributed by atoms with van der Waals surface area (Å²) in [6, 6.07) is -0.876. The van der Waals surface area contributed by atoms with Gasteiger partial charge >= 0.3 is 29.6 Å². The van der Waals surface area contributed by atoms with Crippen LogP contribution in [-0.2, 0) is 23.7 Å². The molecule has 0 aromatic heterocycles. The van der Waals surface area contributed by atoms with Gasteiger partial charge < -0.3 is 54.4 Å². The Morgan fingerprint density at radius 2 is 1.82 bits per heavy atom. The van der Waals surface area contributed by atoms with Crippen molar-refractivity contribution >= 4 is 11.9 Å². The third kappa shape index (κ3) is 4.37. The van der Waals surface area contributed by atoms with Crippen molar-refractivity contribution in [1.29, 1.82) is 0 Å². The number of aliphatic hydroxyl groups is 5. The summed E-state index contributed by atoms with van der Waals surface area (Å²) in [6.07, 6.45) is -13.5. The van der Waals surface area contributed by atoms with Gasteiger partial charge in [0, 0.05) is 6.42 Å². The molecule has 154 valence electrons. The number of aliphatic carboxylic acids is 1. The Bertz CT molecular complexity index is 592. The third-order valence-electron chi connectivity index (χ3n) is 4.76. The molecular formula is C15H22NNaO11. The molecule has 3 aliphatic rings. The molecule has 0 radical (unpaired) electrons. The summed E-state index contributed by atoms with van der Waals surface area (Å²) < 4.78 is 21.5. The van der Waals surface area contributed by atoms with Crippen molar-refractivity contribution in [3.63, 3.8) is 0 Å². The standard InChI is InChI=1S/C15H23NO11.Na/c1-2-5-16-6-11(7(18)4(3-17)24-14(6)25-5)26-15-10(21)8(19)9(20)12(27-15)13(22)23;/h4,6-12,14-15,17-21H,2-3H2,1H3,(H,22,23);/q;+1/p-1/t4-,6+,7+,8+,9+,10-,11-,12+,14+,15-;/m1./s1. The van der Waals surface area contributed by atoms with Crippen LogP contribution < -0.4 is 34.7 Å². The Morgan fingerprint density at radius 3 is 2.39 bits per heavy atom. The molecule has 10 atom stereocenters. The van der Waals surface area contributed by atoms with Crippen LogP contribution in [0.2, 0.25) is 0 Å². The summed E-state index contributed by atoms with van der Waals surface area (Å²) >= 11 is 0. The molecule has 28 heavy (non-hydrogen) atoms. The molecule has 0 bridgehead atoms. The molecule has 13 heteroatoms. The zero-order chi connectivity index (χ0) is 19.9. The predicted octanol–water partition coefficient (Wildman–Crippen LogP) is -7.78. The number of aliphatic hydroxyl groups excluding tert-OH is 5. The van der Waals surface area contributed by atoms with Crippen molar-refractivity contribution in [2.45, 2.75) is 74.7 Å². The van der Waals surface area contributed by atoms with Gasteiger partial charge in [-0.15, -0.1) is 0 Å². The van der Waals surface area contributed by atoms with Gasteiger partial charge in [-0.25, -0.2) is 4.99 Å². The van der Waals surface area contributed by atoms with Crippen LogP contribution in [-0.4, -0.2) is 105 Å². The van der Waals surface area contributed by atoms with Crippen LogP contribution in [0, 0.1) is 0 Å². The molecule has 0 amide bonds. The van der Waals surface area contributed by atoms with E-state index in [-0.39, 0.29) is 29.6 Å². The first-order valence-electron chi connectivity index (χ1n) is 8.52. The minimum atomic E-state index is -1.95. The number of aliphatic imine (C=N–C) groups is 1. The van der Waals surface area contributed by atoms with Gasteiger partial charge in [-0.2, -0.15) is 0 Å². The van der Waals surface area contributed by atoms with Crippen LogP contribution in [0.15, 0.2) is 4.99 Å². The van der Waals surface area contributed by atoms with E-state index in [4.69, 9.17) is 18.9 Å². The topological polar surface area (TPSA) is 191 Å². The smallest absolute Gasteiger partial charge is 0.547 e. The normalized spacial score (nSPS) is 45.4. The van der Waals surface area contributed by atoms with Crippen molar-refractivity contribution in [1.82, 2.24) is 0 Å². The van der Waals surface area contributed by atoms with E-state index < -0.39 is 73.9 Å². The monoisotopic (exact) mass is 415 g/mol. The zero-order valence-corrected chi connectivity index (χ0v) is 17.3. The van der Waals surface area contributed by atoms with E-state index in [0.29, 0.717) is 12.3 Å². The average Bonchev–Trinajstić information content (AvgIpc) is 3.06. The summed E-state index contributed by atoms with van der Waals surface area (Å²) in [5.74, 6) is -1.48. The molecule has 3 heterocycles. The summed E-state index contributed by atoms with van der Waals surface area (Å²) in [5, 5.41) is 60.6. The molecule has 0 aliphatic carbocycles. The molecule has 2 fully saturated rings. The van der Waals surface area contributed by atoms with E-state index in [1.807, 2.05) is 0 Å². The zero-order valence-electron chi connectivity index (χ0n) is 15.3. The maximum Gasteiger partial charge on any atom is 1.00 e. The van der Waals surface area contributed by atoms with Crippen LogP contribution in [0.4, 0.5) is 0 Å². The molecule has 0 spiro atoms. The maximum absolute atomic E-state index is 11.1. The van der Waals surface area contributed by atoms with Crippen LogP contribution >= 0.6 is 0 Å². The second-order valence-corrected chi connectivity index (χ2v) is 6.52. The number of carbonyl (C=O) groups excluding carboxylic acids is 1. The molecular weight excluding hydrogens is 393 g/mol. The number of ether oxygens (including phenoxy) is 4. The average molecular weight is 415 g/mol. The molecule has 5 N–H and O–H groups in total. The first-order chi connectivity index (χ1) is 12.8. The van der Waals surface area contributed by atoms with E-state index in [1.165, 1.54) is 0 Å². The number of hydrogen-bond donors (Lipinski definition) is 5. The largest absolute Gasteiger partial charge is 1.00 e. The van der Waals surface area contributed by atoms with Gasteiger partial charge in [0.15, 0.2) is 12.2 Å². The van der Waals surface area contributed by atoms with E-state index in [0.717, 1.165) is 0 Å². The van der Waals surface area contributed by atoms with Crippen molar-refractivity contribution in [2.75, 3.05) is 6.61 Å². The first-order valence-corrected chi connectivity index (χ1v) is 8.52. The molecule has 3 rings (SSSR count). The van der Waals surface area contributed by atoms with Gasteiger partial charge in [0.2, 0.25) is 6.29 Å². The fourth-order valence-corrected chi connectivity index (χ4v) is 3.26. The van der Waals surface area contributed by atoms with E-state index in [1.54, 1.807) is 6.92 Å². The Labute approximate surface area is 182 Å². The number of carboxylic acids is 1. The summed E-state index contributed by atoms with van der Waals surface area (Å²) in [4.78, 5) is 15.3. The quantitative estimate of drug-likeness (QED) is 0.268. The maximum atomic E-state index is 11.1. The minimum Gasteiger partial charge on any atom is -0.547 e. The second-order valence-electron chi connectivity index (χ2n) is 6.52. The van der Waals surface area contributed by atoms with Crippen LogP contribution in [0.25, 0.3) is 0 Å². The van der Waals surface area contributed by atoms with Crippen molar-refractivity contribution < 1.29 is 83.9 Å². The van der Waals surface area contributed by atoms with Crippen molar-refractivity contribution in [2.24, 2.45) is 4.99 Å². The fourth-order valence-electron chi connectivity index (χ4n) is 3.26. The number of carboxylic acid groups (broad SMARTS) is 1. The second kappa shape index (κ2) is 9.62. The fraction of sp³-hybridized carbons (Fsp3) is 0.867. The Balaban J connectivity index is 0.00000280. The van der Waals surface area contributed by atoms with Gasteiger partial charge in [-0.3, -0.25) is 0 Å². The van der Waals surface area contributed by atoms with Crippen LogP contribution in [0.3, 0.4) is 0 Å². The Morgan fingerprint density at radius 1 is 1.14 bits per heavy atom. The number of hydrogen-bond acceptors (Lipinski definition) is 12. The molecule has 0 aromatic carbocycles. The molecule has 0 aromatic rings. The number of rotatable bonds is 5. The van der Waals surface area contributed by atoms with Gasteiger partial charge in [0.1, 0.15) is 48.8 Å². The Kier molecular flexibility index (Phi) is 8.21. The number of nitrogens with zero attached hydrogens (tertiary/aromatic N) is 1. The van der Waals surface area contributed by atoms with Crippen LogP contribution in [0.5, 0.6) is 0 Å². The first kappa shape index (κ1) is 23.9. The minimum absolute atomic E-state index is 0. The summed E-state index contributed by atoms with van der Waals surface area (Å²) in [6.45, 7) is 1.22. The number of fused-ring (bicyclic) bond motifs is 1. The molecule has 3 aliphatic heterocycles. The van der Waals surface area contributed by atoms with E-state index >= 15 is 0 Å². The van der Waals surface area contributed by atoms with E-state index in [9.17, 15) is 35.4 Å².